The number of aryl methyl sites for hydroxylation is 1. The number of amides is 1. The lowest BCUT2D eigenvalue weighted by Gasteiger charge is -2.27. The SMILES string of the molecule is Cn1cc(C(O)C(=O)NCC(C)(C)c2ccc(F)cc2Cl)cn1. The highest BCUT2D eigenvalue weighted by molar-refractivity contribution is 6.31. The van der Waals surface area contributed by atoms with E-state index in [4.69, 9.17) is 11.6 Å². The van der Waals surface area contributed by atoms with E-state index in [1.165, 1.54) is 23.0 Å². The lowest BCUT2D eigenvalue weighted by molar-refractivity contribution is -0.129. The number of nitrogens with one attached hydrogen (secondary N) is 1. The van der Waals surface area contributed by atoms with Crippen LogP contribution >= 0.6 is 11.6 Å². The smallest absolute Gasteiger partial charge is 0.253 e. The second-order valence-electron chi connectivity index (χ2n) is 6.08. The van der Waals surface area contributed by atoms with Gasteiger partial charge in [-0.2, -0.15) is 5.10 Å². The molecule has 1 aromatic heterocycles. The Morgan fingerprint density at radius 3 is 2.78 bits per heavy atom. The first-order valence-corrected chi connectivity index (χ1v) is 7.48. The van der Waals surface area contributed by atoms with E-state index in [2.05, 4.69) is 10.4 Å². The van der Waals surface area contributed by atoms with Crippen molar-refractivity contribution < 1.29 is 14.3 Å². The zero-order valence-corrected chi connectivity index (χ0v) is 13.9. The third-order valence-corrected chi connectivity index (χ3v) is 3.97. The molecule has 2 aromatic rings. The number of aromatic nitrogens is 2. The highest BCUT2D eigenvalue weighted by atomic mass is 35.5. The number of halogens is 2. The fourth-order valence-electron chi connectivity index (χ4n) is 2.27. The van der Waals surface area contributed by atoms with E-state index in [9.17, 15) is 14.3 Å². The van der Waals surface area contributed by atoms with E-state index in [1.54, 1.807) is 19.3 Å². The monoisotopic (exact) mass is 339 g/mol. The van der Waals surface area contributed by atoms with Crippen LogP contribution in [0.5, 0.6) is 0 Å². The summed E-state index contributed by atoms with van der Waals surface area (Å²) in [4.78, 5) is 12.1. The quantitative estimate of drug-likeness (QED) is 0.878. The topological polar surface area (TPSA) is 67.2 Å². The molecular weight excluding hydrogens is 321 g/mol. The highest BCUT2D eigenvalue weighted by Crippen LogP contribution is 2.30. The van der Waals surface area contributed by atoms with Crippen molar-refractivity contribution in [3.05, 3.63) is 52.6 Å². The Morgan fingerprint density at radius 1 is 1.52 bits per heavy atom. The van der Waals surface area contributed by atoms with Crippen molar-refractivity contribution >= 4 is 17.5 Å². The number of hydrogen-bond donors (Lipinski definition) is 2. The standard InChI is InChI=1S/C16H19ClFN3O2/c1-16(2,12-5-4-11(18)6-13(12)17)9-19-15(23)14(22)10-7-20-21(3)8-10/h4-8,14,22H,9H2,1-3H3,(H,19,23). The molecule has 0 bridgehead atoms. The molecule has 2 rings (SSSR count). The molecular formula is C16H19ClFN3O2. The largest absolute Gasteiger partial charge is 0.378 e. The molecule has 0 fully saturated rings. The summed E-state index contributed by atoms with van der Waals surface area (Å²) < 4.78 is 14.7. The van der Waals surface area contributed by atoms with E-state index in [0.717, 1.165) is 5.56 Å². The summed E-state index contributed by atoms with van der Waals surface area (Å²) in [7, 11) is 1.70. The van der Waals surface area contributed by atoms with Crippen LogP contribution in [-0.4, -0.2) is 27.3 Å². The van der Waals surface area contributed by atoms with Crippen LogP contribution < -0.4 is 5.32 Å². The van der Waals surface area contributed by atoms with Gasteiger partial charge in [-0.1, -0.05) is 31.5 Å². The minimum Gasteiger partial charge on any atom is -0.378 e. The van der Waals surface area contributed by atoms with Crippen LogP contribution in [0.1, 0.15) is 31.1 Å². The summed E-state index contributed by atoms with van der Waals surface area (Å²) in [6, 6.07) is 4.17. The third-order valence-electron chi connectivity index (χ3n) is 3.65. The third kappa shape index (κ3) is 4.09. The van der Waals surface area contributed by atoms with Crippen molar-refractivity contribution in [1.82, 2.24) is 15.1 Å². The molecule has 0 aliphatic carbocycles. The summed E-state index contributed by atoms with van der Waals surface area (Å²) >= 11 is 6.08. The second-order valence-corrected chi connectivity index (χ2v) is 6.48. The molecule has 0 aliphatic rings. The average molecular weight is 340 g/mol. The van der Waals surface area contributed by atoms with Gasteiger partial charge in [0, 0.05) is 35.8 Å². The molecule has 23 heavy (non-hydrogen) atoms. The van der Waals surface area contributed by atoms with Crippen LogP contribution in [0.15, 0.2) is 30.6 Å². The van der Waals surface area contributed by atoms with Gasteiger partial charge in [-0.25, -0.2) is 4.39 Å². The fourth-order valence-corrected chi connectivity index (χ4v) is 2.69. The zero-order valence-electron chi connectivity index (χ0n) is 13.2. The van der Waals surface area contributed by atoms with E-state index >= 15 is 0 Å². The van der Waals surface area contributed by atoms with Gasteiger partial charge in [-0.15, -0.1) is 0 Å². The molecule has 0 radical (unpaired) electrons. The number of rotatable bonds is 5. The summed E-state index contributed by atoms with van der Waals surface area (Å²) in [5, 5.41) is 16.9. The Morgan fingerprint density at radius 2 is 2.22 bits per heavy atom. The van der Waals surface area contributed by atoms with Crippen LogP contribution in [-0.2, 0) is 17.3 Å². The molecule has 1 aromatic carbocycles. The van der Waals surface area contributed by atoms with Crippen LogP contribution in [0, 0.1) is 5.82 Å². The molecule has 0 aliphatic heterocycles. The number of carbonyl (C=O) groups is 1. The maximum Gasteiger partial charge on any atom is 0.253 e. The Labute approximate surface area is 139 Å². The van der Waals surface area contributed by atoms with E-state index in [-0.39, 0.29) is 6.54 Å². The van der Waals surface area contributed by atoms with Crippen LogP contribution in [0.2, 0.25) is 5.02 Å². The Balaban J connectivity index is 2.05. The summed E-state index contributed by atoms with van der Waals surface area (Å²) in [5.74, 6) is -0.935. The van der Waals surface area contributed by atoms with Gasteiger partial charge in [-0.05, 0) is 17.7 Å². The van der Waals surface area contributed by atoms with Crippen LogP contribution in [0.3, 0.4) is 0 Å². The van der Waals surface area contributed by atoms with Gasteiger partial charge < -0.3 is 10.4 Å². The Hall–Kier alpha value is -1.92. The van der Waals surface area contributed by atoms with Gasteiger partial charge in [0.05, 0.1) is 6.20 Å². The van der Waals surface area contributed by atoms with E-state index in [0.29, 0.717) is 10.6 Å². The van der Waals surface area contributed by atoms with Gasteiger partial charge in [-0.3, -0.25) is 9.48 Å². The summed E-state index contributed by atoms with van der Waals surface area (Å²) in [5.41, 5.74) is 0.620. The predicted octanol–water partition coefficient (Wildman–Crippen LogP) is 2.34. The Kier molecular flexibility index (Phi) is 5.06. The molecule has 0 spiro atoms. The van der Waals surface area contributed by atoms with Crippen molar-refractivity contribution in [3.63, 3.8) is 0 Å². The minimum atomic E-state index is -1.29. The molecule has 2 N–H and O–H groups in total. The molecule has 5 nitrogen and oxygen atoms in total. The first kappa shape index (κ1) is 17.4. The minimum absolute atomic E-state index is 0.245. The number of aliphatic hydroxyl groups excluding tert-OH is 1. The molecule has 1 atom stereocenters. The van der Waals surface area contributed by atoms with Crippen LogP contribution in [0.4, 0.5) is 4.39 Å². The Bertz CT molecular complexity index is 715. The zero-order chi connectivity index (χ0) is 17.2. The first-order valence-electron chi connectivity index (χ1n) is 7.10. The van der Waals surface area contributed by atoms with Crippen molar-refractivity contribution in [3.8, 4) is 0 Å². The number of aliphatic hydroxyl groups is 1. The molecule has 0 saturated carbocycles. The molecule has 1 unspecified atom stereocenters. The van der Waals surface area contributed by atoms with Gasteiger partial charge in [0.25, 0.3) is 5.91 Å². The predicted molar refractivity (Wildman–Crippen MR) is 85.6 cm³/mol. The first-order chi connectivity index (χ1) is 10.7. The van der Waals surface area contributed by atoms with Crippen LogP contribution in [0.25, 0.3) is 0 Å². The summed E-state index contributed by atoms with van der Waals surface area (Å²) in [6.07, 6.45) is 1.72. The lowest BCUT2D eigenvalue weighted by Crippen LogP contribution is -2.39. The fraction of sp³-hybridized carbons (Fsp3) is 0.375. The number of hydrogen-bond acceptors (Lipinski definition) is 3. The lowest BCUT2D eigenvalue weighted by atomic mass is 9.84. The van der Waals surface area contributed by atoms with E-state index in [1.807, 2.05) is 13.8 Å². The molecule has 1 amide bonds. The number of carbonyl (C=O) groups excluding carboxylic acids is 1. The van der Waals surface area contributed by atoms with Gasteiger partial charge in [0.2, 0.25) is 0 Å². The number of nitrogens with zero attached hydrogens (tertiary/aromatic N) is 2. The van der Waals surface area contributed by atoms with Gasteiger partial charge in [0.1, 0.15) is 5.82 Å². The maximum atomic E-state index is 13.2. The van der Waals surface area contributed by atoms with Crippen molar-refractivity contribution in [1.29, 1.82) is 0 Å². The average Bonchev–Trinajstić information content (AvgIpc) is 2.90. The number of benzene rings is 1. The molecule has 1 heterocycles. The molecule has 7 heteroatoms. The van der Waals surface area contributed by atoms with Crippen molar-refractivity contribution in [2.45, 2.75) is 25.4 Å². The van der Waals surface area contributed by atoms with E-state index < -0.39 is 23.2 Å². The molecule has 124 valence electrons. The highest BCUT2D eigenvalue weighted by Gasteiger charge is 2.26. The molecule has 0 saturated heterocycles. The normalized spacial score (nSPS) is 13.0. The van der Waals surface area contributed by atoms with Gasteiger partial charge >= 0.3 is 0 Å². The van der Waals surface area contributed by atoms with Gasteiger partial charge in [0.15, 0.2) is 6.10 Å². The van der Waals surface area contributed by atoms with Crippen molar-refractivity contribution in [2.75, 3.05) is 6.54 Å². The second kappa shape index (κ2) is 6.68. The summed E-state index contributed by atoms with van der Waals surface area (Å²) in [6.45, 7) is 4.00. The maximum absolute atomic E-state index is 13.2. The van der Waals surface area contributed by atoms with Crippen molar-refractivity contribution in [2.24, 2.45) is 7.05 Å².